The molecule has 0 saturated carbocycles. The van der Waals surface area contributed by atoms with Crippen LogP contribution in [0.3, 0.4) is 0 Å². The van der Waals surface area contributed by atoms with Gasteiger partial charge in [0.2, 0.25) is 6.10 Å². The van der Waals surface area contributed by atoms with Crippen LogP contribution in [0.5, 0.6) is 11.5 Å². The summed E-state index contributed by atoms with van der Waals surface area (Å²) >= 11 is 0. The Kier molecular flexibility index (Phi) is 4.90. The maximum atomic E-state index is 13.4. The molecule has 7 heteroatoms. The highest BCUT2D eigenvalue weighted by molar-refractivity contribution is 5.94. The van der Waals surface area contributed by atoms with Crippen molar-refractivity contribution in [1.29, 1.82) is 0 Å². The Morgan fingerprint density at radius 3 is 2.25 bits per heavy atom. The van der Waals surface area contributed by atoms with Gasteiger partial charge in [-0.1, -0.05) is 18.2 Å². The summed E-state index contributed by atoms with van der Waals surface area (Å²) in [6.45, 7) is 3.38. The van der Waals surface area contributed by atoms with E-state index in [2.05, 4.69) is 0 Å². The summed E-state index contributed by atoms with van der Waals surface area (Å²) in [5.74, 6) is 0.359. The van der Waals surface area contributed by atoms with Crippen molar-refractivity contribution in [2.45, 2.75) is 19.1 Å². The Balaban J connectivity index is 1.38. The Hall–Kier alpha value is -3.09. The fraction of sp³-hybridized carbons (Fsp3) is 0.333. The molecule has 2 heterocycles. The first-order chi connectivity index (χ1) is 13.5. The summed E-state index contributed by atoms with van der Waals surface area (Å²) in [4.78, 5) is 28.8. The van der Waals surface area contributed by atoms with E-state index in [-0.39, 0.29) is 11.8 Å². The van der Waals surface area contributed by atoms with Gasteiger partial charge in [-0.15, -0.1) is 0 Å². The van der Waals surface area contributed by atoms with Gasteiger partial charge in [0, 0.05) is 31.7 Å². The lowest BCUT2D eigenvalue weighted by Gasteiger charge is -2.38. The number of carbonyl (C=O) groups excluding carboxylic acids is 2. The minimum absolute atomic E-state index is 0.153. The molecule has 1 fully saturated rings. The number of fused-ring (bicyclic) bond motifs is 1. The zero-order chi connectivity index (χ0) is 19.7. The van der Waals surface area contributed by atoms with Crippen LogP contribution in [0.15, 0.2) is 48.5 Å². The number of rotatable bonds is 2. The average Bonchev–Trinajstić information content (AvgIpc) is 2.72. The molecule has 2 amide bonds. The highest BCUT2D eigenvalue weighted by Gasteiger charge is 2.38. The van der Waals surface area contributed by atoms with Crippen molar-refractivity contribution in [2.24, 2.45) is 0 Å². The first kappa shape index (κ1) is 18.3. The van der Waals surface area contributed by atoms with Crippen LogP contribution >= 0.6 is 0 Å². The molecule has 1 saturated heterocycles. The normalized spacial score (nSPS) is 21.4. The van der Waals surface area contributed by atoms with E-state index in [9.17, 15) is 14.0 Å². The largest absolute Gasteiger partial charge is 0.482 e. The molecule has 28 heavy (non-hydrogen) atoms. The van der Waals surface area contributed by atoms with Crippen molar-refractivity contribution in [2.75, 3.05) is 26.2 Å². The van der Waals surface area contributed by atoms with Crippen LogP contribution in [-0.2, 0) is 4.79 Å². The van der Waals surface area contributed by atoms with Gasteiger partial charge in [-0.05, 0) is 37.3 Å². The predicted octanol–water partition coefficient (Wildman–Crippen LogP) is 2.34. The van der Waals surface area contributed by atoms with Crippen molar-refractivity contribution >= 4 is 11.8 Å². The summed E-state index contributed by atoms with van der Waals surface area (Å²) in [7, 11) is 0. The fourth-order valence-corrected chi connectivity index (χ4v) is 3.50. The number of amides is 2. The smallest absolute Gasteiger partial charge is 0.267 e. The van der Waals surface area contributed by atoms with E-state index in [0.717, 1.165) is 0 Å². The monoisotopic (exact) mass is 384 g/mol. The van der Waals surface area contributed by atoms with Gasteiger partial charge in [0.05, 0.1) is 0 Å². The van der Waals surface area contributed by atoms with E-state index < -0.39 is 18.0 Å². The van der Waals surface area contributed by atoms with Crippen molar-refractivity contribution in [3.05, 3.63) is 59.9 Å². The summed E-state index contributed by atoms with van der Waals surface area (Å²) in [6.07, 6.45) is -1.13. The maximum Gasteiger partial charge on any atom is 0.267 e. The first-order valence-electron chi connectivity index (χ1n) is 9.29. The van der Waals surface area contributed by atoms with Crippen LogP contribution in [0.25, 0.3) is 0 Å². The lowest BCUT2D eigenvalue weighted by molar-refractivity contribution is -0.145. The number of piperazine rings is 1. The number of hydrogen-bond acceptors (Lipinski definition) is 4. The molecule has 2 aliphatic heterocycles. The van der Waals surface area contributed by atoms with Crippen molar-refractivity contribution in [3.63, 3.8) is 0 Å². The molecule has 0 aliphatic carbocycles. The lowest BCUT2D eigenvalue weighted by atomic mass is 10.1. The number of carbonyl (C=O) groups is 2. The summed E-state index contributed by atoms with van der Waals surface area (Å²) in [5, 5.41) is 0. The van der Waals surface area contributed by atoms with E-state index in [4.69, 9.17) is 9.47 Å². The molecule has 0 spiro atoms. The van der Waals surface area contributed by atoms with Crippen molar-refractivity contribution in [1.82, 2.24) is 9.80 Å². The maximum absolute atomic E-state index is 13.4. The quantitative estimate of drug-likeness (QED) is 0.798. The molecule has 146 valence electrons. The molecule has 0 N–H and O–H groups in total. The summed E-state index contributed by atoms with van der Waals surface area (Å²) < 4.78 is 25.1. The Bertz CT molecular complexity index is 895. The minimum Gasteiger partial charge on any atom is -0.482 e. The molecule has 2 aliphatic rings. The molecule has 4 rings (SSSR count). The topological polar surface area (TPSA) is 59.1 Å². The van der Waals surface area contributed by atoms with E-state index in [1.165, 1.54) is 18.2 Å². The lowest BCUT2D eigenvalue weighted by Crippen LogP contribution is -2.56. The second-order valence-corrected chi connectivity index (χ2v) is 6.94. The van der Waals surface area contributed by atoms with E-state index in [1.807, 2.05) is 25.1 Å². The van der Waals surface area contributed by atoms with Crippen LogP contribution in [0, 0.1) is 5.82 Å². The summed E-state index contributed by atoms with van der Waals surface area (Å²) in [6, 6.07) is 12.9. The van der Waals surface area contributed by atoms with Crippen LogP contribution < -0.4 is 9.47 Å². The van der Waals surface area contributed by atoms with Gasteiger partial charge in [-0.3, -0.25) is 9.59 Å². The SMILES string of the molecule is CC1Oc2ccccc2OC1C(=O)N1CCN(C(=O)c2cccc(F)c2)CC1. The molecule has 6 nitrogen and oxygen atoms in total. The number of benzene rings is 2. The molecule has 0 bridgehead atoms. The van der Waals surface area contributed by atoms with Crippen LogP contribution in [0.4, 0.5) is 4.39 Å². The predicted molar refractivity (Wildman–Crippen MR) is 99.8 cm³/mol. The van der Waals surface area contributed by atoms with Gasteiger partial charge >= 0.3 is 0 Å². The van der Waals surface area contributed by atoms with Crippen LogP contribution in [-0.4, -0.2) is 60.0 Å². The van der Waals surface area contributed by atoms with Gasteiger partial charge in [-0.25, -0.2) is 4.39 Å². The number of hydrogen-bond donors (Lipinski definition) is 0. The molecule has 2 unspecified atom stereocenters. The standard InChI is InChI=1S/C21H21FN2O4/c1-14-19(28-18-8-3-2-7-17(18)27-14)21(26)24-11-9-23(10-12-24)20(25)15-5-4-6-16(22)13-15/h2-8,13-14,19H,9-12H2,1H3. The van der Waals surface area contributed by atoms with Crippen LogP contribution in [0.1, 0.15) is 17.3 Å². The van der Waals surface area contributed by atoms with Crippen LogP contribution in [0.2, 0.25) is 0 Å². The number of nitrogens with zero attached hydrogens (tertiary/aromatic N) is 2. The Morgan fingerprint density at radius 1 is 0.929 bits per heavy atom. The second-order valence-electron chi connectivity index (χ2n) is 6.94. The van der Waals surface area contributed by atoms with Crippen molar-refractivity contribution in [3.8, 4) is 11.5 Å². The van der Waals surface area contributed by atoms with E-state index in [1.54, 1.807) is 21.9 Å². The third kappa shape index (κ3) is 3.52. The van der Waals surface area contributed by atoms with E-state index in [0.29, 0.717) is 43.2 Å². The highest BCUT2D eigenvalue weighted by Crippen LogP contribution is 2.34. The number of para-hydroxylation sites is 2. The third-order valence-electron chi connectivity index (χ3n) is 5.04. The average molecular weight is 384 g/mol. The molecule has 0 radical (unpaired) electrons. The number of halogens is 1. The number of ether oxygens (including phenoxy) is 2. The summed E-state index contributed by atoms with van der Waals surface area (Å²) in [5.41, 5.74) is 0.314. The minimum atomic E-state index is -0.722. The molecule has 2 atom stereocenters. The van der Waals surface area contributed by atoms with Gasteiger partial charge in [0.25, 0.3) is 11.8 Å². The Labute approximate surface area is 162 Å². The highest BCUT2D eigenvalue weighted by atomic mass is 19.1. The molecule has 0 aromatic heterocycles. The molecule has 2 aromatic carbocycles. The second kappa shape index (κ2) is 7.50. The Morgan fingerprint density at radius 2 is 1.57 bits per heavy atom. The van der Waals surface area contributed by atoms with Gasteiger partial charge in [0.15, 0.2) is 11.5 Å². The zero-order valence-electron chi connectivity index (χ0n) is 15.5. The fourth-order valence-electron chi connectivity index (χ4n) is 3.50. The molecule has 2 aromatic rings. The van der Waals surface area contributed by atoms with Crippen molar-refractivity contribution < 1.29 is 23.5 Å². The third-order valence-corrected chi connectivity index (χ3v) is 5.04. The van der Waals surface area contributed by atoms with Gasteiger partial charge < -0.3 is 19.3 Å². The molecular weight excluding hydrogens is 363 g/mol. The molecular formula is C21H21FN2O4. The zero-order valence-corrected chi connectivity index (χ0v) is 15.5. The van der Waals surface area contributed by atoms with Gasteiger partial charge in [-0.2, -0.15) is 0 Å². The van der Waals surface area contributed by atoms with E-state index >= 15 is 0 Å². The van der Waals surface area contributed by atoms with Gasteiger partial charge in [0.1, 0.15) is 11.9 Å². The first-order valence-corrected chi connectivity index (χ1v) is 9.29.